The lowest BCUT2D eigenvalue weighted by Crippen LogP contribution is -2.32. The second kappa shape index (κ2) is 6.03. The molecule has 0 spiro atoms. The van der Waals surface area contributed by atoms with E-state index in [0.717, 1.165) is 6.54 Å². The zero-order valence-corrected chi connectivity index (χ0v) is 9.98. The normalized spacial score (nSPS) is 9.44. The molecule has 2 aromatic rings. The third kappa shape index (κ3) is 2.28. The first kappa shape index (κ1) is 12.4. The molecule has 1 aromatic carbocycles. The number of pyridine rings is 1. The predicted molar refractivity (Wildman–Crippen MR) is 70.0 cm³/mol. The Bertz CT molecular complexity index is 475. The van der Waals surface area contributed by atoms with Crippen molar-refractivity contribution in [2.24, 2.45) is 5.73 Å². The molecule has 16 heavy (non-hydrogen) atoms. The highest BCUT2D eigenvalue weighted by molar-refractivity contribution is 5.85. The van der Waals surface area contributed by atoms with Crippen molar-refractivity contribution in [1.82, 2.24) is 0 Å². The Morgan fingerprint density at radius 1 is 1.25 bits per heavy atom. The van der Waals surface area contributed by atoms with Crippen molar-refractivity contribution >= 4 is 17.0 Å². The van der Waals surface area contributed by atoms with Crippen LogP contribution in [0.1, 0.15) is 12.5 Å². The van der Waals surface area contributed by atoms with E-state index >= 15 is 0 Å². The Hall–Kier alpha value is -1.67. The van der Waals surface area contributed by atoms with E-state index in [9.17, 15) is 0 Å². The lowest BCUT2D eigenvalue weighted by molar-refractivity contribution is -0.667. The molecule has 2 heteroatoms. The second-order valence-electron chi connectivity index (χ2n) is 3.28. The number of hydrogen-bond acceptors (Lipinski definition) is 1. The minimum absolute atomic E-state index is 0.998. The van der Waals surface area contributed by atoms with E-state index in [2.05, 4.69) is 60.3 Å². The van der Waals surface area contributed by atoms with Gasteiger partial charge in [-0.05, 0) is 25.6 Å². The van der Waals surface area contributed by atoms with Crippen LogP contribution in [0.2, 0.25) is 0 Å². The minimum atomic E-state index is 0.998. The Kier molecular flexibility index (Phi) is 4.67. The molecule has 0 fully saturated rings. The number of hydrogen-bond donors (Lipinski definition) is 1. The molecule has 2 N–H and O–H groups in total. The van der Waals surface area contributed by atoms with E-state index in [4.69, 9.17) is 0 Å². The van der Waals surface area contributed by atoms with Crippen LogP contribution in [0.3, 0.4) is 0 Å². The van der Waals surface area contributed by atoms with Gasteiger partial charge in [-0.3, -0.25) is 0 Å². The van der Waals surface area contributed by atoms with Crippen LogP contribution in [-0.2, 0) is 6.54 Å². The van der Waals surface area contributed by atoms with Crippen LogP contribution in [0, 0.1) is 0 Å². The summed E-state index contributed by atoms with van der Waals surface area (Å²) in [7, 11) is 1.50. The minimum Gasteiger partial charge on any atom is -0.333 e. The molecule has 0 radical (unpaired) electrons. The van der Waals surface area contributed by atoms with Crippen molar-refractivity contribution in [3.05, 3.63) is 48.7 Å². The maximum Gasteiger partial charge on any atom is 0.213 e. The number of para-hydroxylation sites is 1. The molecular weight excluding hydrogens is 196 g/mol. The number of benzene rings is 1. The van der Waals surface area contributed by atoms with Gasteiger partial charge < -0.3 is 5.73 Å². The van der Waals surface area contributed by atoms with Crippen LogP contribution in [0.4, 0.5) is 0 Å². The molecule has 0 saturated carbocycles. The topological polar surface area (TPSA) is 29.9 Å². The summed E-state index contributed by atoms with van der Waals surface area (Å²) in [6.45, 7) is 6.98. The van der Waals surface area contributed by atoms with Crippen molar-refractivity contribution in [2.75, 3.05) is 7.05 Å². The van der Waals surface area contributed by atoms with Crippen LogP contribution in [-0.4, -0.2) is 7.05 Å². The number of aryl methyl sites for hydroxylation is 1. The van der Waals surface area contributed by atoms with Crippen LogP contribution < -0.4 is 10.3 Å². The van der Waals surface area contributed by atoms with Gasteiger partial charge in [-0.15, -0.1) is 0 Å². The summed E-state index contributed by atoms with van der Waals surface area (Å²) < 4.78 is 2.24. The van der Waals surface area contributed by atoms with Crippen molar-refractivity contribution < 1.29 is 4.57 Å². The highest BCUT2D eigenvalue weighted by Gasteiger charge is 2.07. The van der Waals surface area contributed by atoms with Crippen molar-refractivity contribution in [3.63, 3.8) is 0 Å². The number of fused-ring (bicyclic) bond motifs is 1. The fourth-order valence-electron chi connectivity index (χ4n) is 1.76. The van der Waals surface area contributed by atoms with Gasteiger partial charge in [0.05, 0.1) is 5.39 Å². The van der Waals surface area contributed by atoms with Crippen LogP contribution in [0.25, 0.3) is 17.0 Å². The first-order valence-corrected chi connectivity index (χ1v) is 5.48. The first-order chi connectivity index (χ1) is 7.86. The molecule has 2 nitrogen and oxygen atoms in total. The van der Waals surface area contributed by atoms with Crippen molar-refractivity contribution in [3.8, 4) is 0 Å². The van der Waals surface area contributed by atoms with Crippen molar-refractivity contribution in [2.45, 2.75) is 13.5 Å². The van der Waals surface area contributed by atoms with E-state index in [1.54, 1.807) is 0 Å². The van der Waals surface area contributed by atoms with Crippen LogP contribution in [0.15, 0.2) is 43.1 Å². The molecule has 84 valence electrons. The monoisotopic (exact) mass is 215 g/mol. The molecule has 0 aliphatic heterocycles. The molecule has 1 aromatic heterocycles. The number of nitrogens with zero attached hydrogens (tertiary/aromatic N) is 1. The fraction of sp³-hybridized carbons (Fsp3) is 0.214. The van der Waals surface area contributed by atoms with E-state index in [1.165, 1.54) is 23.5 Å². The Labute approximate surface area is 97.0 Å². The Balaban J connectivity index is 0.000000606. The molecular formula is C14H19N2+. The number of nitrogens with two attached hydrogens (primary N) is 1. The summed E-state index contributed by atoms with van der Waals surface area (Å²) in [4.78, 5) is 0. The Morgan fingerprint density at radius 3 is 2.56 bits per heavy atom. The largest absolute Gasteiger partial charge is 0.333 e. The summed E-state index contributed by atoms with van der Waals surface area (Å²) in [6.07, 6.45) is 4.02. The van der Waals surface area contributed by atoms with Gasteiger partial charge in [-0.25, -0.2) is 0 Å². The van der Waals surface area contributed by atoms with Gasteiger partial charge in [0, 0.05) is 12.1 Å². The van der Waals surface area contributed by atoms with Gasteiger partial charge >= 0.3 is 0 Å². The molecule has 0 aliphatic carbocycles. The average Bonchev–Trinajstić information content (AvgIpc) is 2.39. The van der Waals surface area contributed by atoms with Gasteiger partial charge in [-0.1, -0.05) is 24.8 Å². The van der Waals surface area contributed by atoms with Crippen LogP contribution in [0.5, 0.6) is 0 Å². The first-order valence-electron chi connectivity index (χ1n) is 5.48. The van der Waals surface area contributed by atoms with Crippen molar-refractivity contribution in [1.29, 1.82) is 0 Å². The lowest BCUT2D eigenvalue weighted by Gasteiger charge is -2.01. The van der Waals surface area contributed by atoms with Gasteiger partial charge in [0.2, 0.25) is 5.52 Å². The van der Waals surface area contributed by atoms with Gasteiger partial charge in [0.15, 0.2) is 6.20 Å². The number of aromatic nitrogens is 1. The standard InChI is InChI=1S/C13H14N.CH5N/c1-3-11-9-10-14(4-2)13-8-6-5-7-12(11)13;1-2/h3,5-10H,1,4H2,2H3;2H2,1H3/q+1;. The second-order valence-corrected chi connectivity index (χ2v) is 3.28. The van der Waals surface area contributed by atoms with E-state index < -0.39 is 0 Å². The van der Waals surface area contributed by atoms with Crippen LogP contribution >= 0.6 is 0 Å². The zero-order valence-electron chi connectivity index (χ0n) is 9.98. The molecule has 0 amide bonds. The molecule has 1 heterocycles. The third-order valence-electron chi connectivity index (χ3n) is 2.52. The molecule has 0 bridgehead atoms. The quantitative estimate of drug-likeness (QED) is 0.766. The van der Waals surface area contributed by atoms with Gasteiger partial charge in [-0.2, -0.15) is 4.57 Å². The third-order valence-corrected chi connectivity index (χ3v) is 2.52. The highest BCUT2D eigenvalue weighted by Crippen LogP contribution is 2.15. The zero-order chi connectivity index (χ0) is 12.0. The molecule has 0 saturated heterocycles. The number of rotatable bonds is 2. The van der Waals surface area contributed by atoms with Gasteiger partial charge in [0.1, 0.15) is 6.54 Å². The predicted octanol–water partition coefficient (Wildman–Crippen LogP) is 2.37. The maximum absolute atomic E-state index is 4.50. The van der Waals surface area contributed by atoms with E-state index in [1.807, 2.05) is 6.08 Å². The highest BCUT2D eigenvalue weighted by atomic mass is 14.9. The summed E-state index contributed by atoms with van der Waals surface area (Å²) in [5, 5.41) is 1.27. The maximum atomic E-state index is 4.50. The van der Waals surface area contributed by atoms with E-state index in [0.29, 0.717) is 0 Å². The average molecular weight is 215 g/mol. The summed E-state index contributed by atoms with van der Waals surface area (Å²) in [5.74, 6) is 0. The Morgan fingerprint density at radius 2 is 1.94 bits per heavy atom. The molecule has 0 unspecified atom stereocenters. The van der Waals surface area contributed by atoms with E-state index in [-0.39, 0.29) is 0 Å². The summed E-state index contributed by atoms with van der Waals surface area (Å²) >= 11 is 0. The SMILES string of the molecule is C=Cc1cc[n+](CC)c2ccccc12.CN. The van der Waals surface area contributed by atoms with Gasteiger partial charge in [0.25, 0.3) is 0 Å². The molecule has 2 rings (SSSR count). The summed E-state index contributed by atoms with van der Waals surface area (Å²) in [5.41, 5.74) is 6.97. The lowest BCUT2D eigenvalue weighted by atomic mass is 10.1. The molecule has 0 atom stereocenters. The smallest absolute Gasteiger partial charge is 0.213 e. The fourth-order valence-corrected chi connectivity index (χ4v) is 1.76. The summed E-state index contributed by atoms with van der Waals surface area (Å²) in [6, 6.07) is 10.5. The molecule has 0 aliphatic rings.